The molecule has 3 aliphatic rings. The molecule has 0 spiro atoms. The van der Waals surface area contributed by atoms with Gasteiger partial charge in [0.05, 0.1) is 17.3 Å². The Hall–Kier alpha value is -2.28. The second-order valence-corrected chi connectivity index (χ2v) is 5.03. The van der Waals surface area contributed by atoms with Crippen LogP contribution in [-0.2, 0) is 9.59 Å². The predicted molar refractivity (Wildman–Crippen MR) is 73.4 cm³/mol. The first-order valence-corrected chi connectivity index (χ1v) is 6.68. The number of hydrogen-bond donors (Lipinski definition) is 2. The third-order valence-electron chi connectivity index (χ3n) is 3.74. The maximum absolute atomic E-state index is 14.3. The summed E-state index contributed by atoms with van der Waals surface area (Å²) in [4.78, 5) is 28.9. The number of ketones is 1. The van der Waals surface area contributed by atoms with Crippen molar-refractivity contribution in [1.29, 1.82) is 0 Å². The molecule has 1 atom stereocenters. The molecule has 0 aromatic carbocycles. The highest BCUT2D eigenvalue weighted by molar-refractivity contribution is 6.28. The molecule has 6 nitrogen and oxygen atoms in total. The van der Waals surface area contributed by atoms with Crippen molar-refractivity contribution in [3.63, 3.8) is 0 Å². The van der Waals surface area contributed by atoms with Crippen LogP contribution < -0.4 is 5.32 Å². The second-order valence-electron chi connectivity index (χ2n) is 5.03. The van der Waals surface area contributed by atoms with Crippen molar-refractivity contribution in [2.24, 2.45) is 10.9 Å². The summed E-state index contributed by atoms with van der Waals surface area (Å²) in [6.07, 6.45) is 3.74. The molecule has 110 valence electrons. The van der Waals surface area contributed by atoms with Crippen LogP contribution in [0.25, 0.3) is 0 Å². The number of nitrogens with zero attached hydrogens (tertiary/aromatic N) is 2. The number of carboxylic acid groups (broad SMARTS) is 1. The lowest BCUT2D eigenvalue weighted by molar-refractivity contribution is -0.134. The van der Waals surface area contributed by atoms with Gasteiger partial charge in [-0.3, -0.25) is 9.79 Å². The average molecular weight is 291 g/mol. The maximum atomic E-state index is 14.3. The van der Waals surface area contributed by atoms with Gasteiger partial charge in [0.15, 0.2) is 5.78 Å². The summed E-state index contributed by atoms with van der Waals surface area (Å²) in [5, 5.41) is 12.1. The number of carbonyl (C=O) groups excluding carboxylic acids is 1. The molecule has 0 aromatic heterocycles. The van der Waals surface area contributed by atoms with Crippen molar-refractivity contribution in [3.05, 3.63) is 35.4 Å². The number of carboxylic acids is 1. The molecule has 0 amide bonds. The molecule has 21 heavy (non-hydrogen) atoms. The molecule has 1 saturated heterocycles. The topological polar surface area (TPSA) is 82.0 Å². The first-order chi connectivity index (χ1) is 10.1. The zero-order valence-corrected chi connectivity index (χ0v) is 11.2. The van der Waals surface area contributed by atoms with E-state index in [2.05, 4.69) is 10.3 Å². The van der Waals surface area contributed by atoms with Crippen LogP contribution in [0.1, 0.15) is 0 Å². The number of rotatable bonds is 2. The Bertz CT molecular complexity index is 627. The Labute approximate surface area is 120 Å². The summed E-state index contributed by atoms with van der Waals surface area (Å²) < 4.78 is 14.3. The molecule has 1 fully saturated rings. The zero-order chi connectivity index (χ0) is 15.0. The summed E-state index contributed by atoms with van der Waals surface area (Å²) >= 11 is 0. The number of aliphatic carboxylic acids is 1. The van der Waals surface area contributed by atoms with Crippen molar-refractivity contribution in [2.75, 3.05) is 26.2 Å². The molecule has 0 bridgehead atoms. The molecule has 0 radical (unpaired) electrons. The van der Waals surface area contributed by atoms with Crippen molar-refractivity contribution in [1.82, 2.24) is 10.2 Å². The molecular formula is C14H14FN3O3. The van der Waals surface area contributed by atoms with Gasteiger partial charge in [-0.15, -0.1) is 0 Å². The quantitative estimate of drug-likeness (QED) is 0.713. The van der Waals surface area contributed by atoms with E-state index in [4.69, 9.17) is 5.11 Å². The molecule has 3 rings (SSSR count). The number of Topliss-reactive ketones (excluding diaryl/α,β-unsaturated/α-hetero) is 1. The number of halogens is 1. The van der Waals surface area contributed by atoms with E-state index >= 15 is 0 Å². The smallest absolute Gasteiger partial charge is 0.340 e. The van der Waals surface area contributed by atoms with Gasteiger partial charge in [-0.05, 0) is 12.2 Å². The van der Waals surface area contributed by atoms with Gasteiger partial charge >= 0.3 is 5.97 Å². The van der Waals surface area contributed by atoms with Crippen molar-refractivity contribution < 1.29 is 19.1 Å². The maximum Gasteiger partial charge on any atom is 0.340 e. The van der Waals surface area contributed by atoms with E-state index in [1.54, 1.807) is 6.08 Å². The fourth-order valence-corrected chi connectivity index (χ4v) is 2.62. The van der Waals surface area contributed by atoms with Crippen molar-refractivity contribution in [3.8, 4) is 0 Å². The lowest BCUT2D eigenvalue weighted by Crippen LogP contribution is -2.44. The van der Waals surface area contributed by atoms with E-state index in [1.165, 1.54) is 0 Å². The number of fused-ring (bicyclic) bond motifs is 1. The largest absolute Gasteiger partial charge is 0.478 e. The van der Waals surface area contributed by atoms with E-state index in [1.807, 2.05) is 4.90 Å². The van der Waals surface area contributed by atoms with Crippen molar-refractivity contribution >= 4 is 17.5 Å². The van der Waals surface area contributed by atoms with Gasteiger partial charge < -0.3 is 15.3 Å². The summed E-state index contributed by atoms with van der Waals surface area (Å²) in [5.41, 5.74) is 0.387. The standard InChI is InChI=1S/C14H14FN3O3/c15-10-5-8-11(17-7-9(13(8)19)14(20)21)6-12(10)18-3-1-16-2-4-18/h5-8,16H,1-4H2,(H,20,21). The van der Waals surface area contributed by atoms with Crippen LogP contribution in [0.15, 0.2) is 40.4 Å². The number of carbonyl (C=O) groups is 2. The highest BCUT2D eigenvalue weighted by Crippen LogP contribution is 2.29. The SMILES string of the molecule is O=C(O)C1=CN=C2C=C(N3CCNCC3)C(F)=CC2C1=O. The summed E-state index contributed by atoms with van der Waals surface area (Å²) in [6, 6.07) is 0. The minimum absolute atomic E-state index is 0.389. The number of piperazine rings is 1. The highest BCUT2D eigenvalue weighted by Gasteiger charge is 2.35. The van der Waals surface area contributed by atoms with E-state index in [-0.39, 0.29) is 0 Å². The van der Waals surface area contributed by atoms with Crippen LogP contribution in [0.2, 0.25) is 0 Å². The molecule has 2 aliphatic heterocycles. The summed E-state index contributed by atoms with van der Waals surface area (Å²) in [5.74, 6) is -3.40. The molecule has 0 saturated carbocycles. The fraction of sp³-hybridized carbons (Fsp3) is 0.357. The van der Waals surface area contributed by atoms with E-state index in [0.717, 1.165) is 25.4 Å². The molecular weight excluding hydrogens is 277 g/mol. The van der Waals surface area contributed by atoms with Crippen LogP contribution in [0.4, 0.5) is 4.39 Å². The average Bonchev–Trinajstić information content (AvgIpc) is 2.48. The first-order valence-electron chi connectivity index (χ1n) is 6.68. The third kappa shape index (κ3) is 2.40. The Morgan fingerprint density at radius 3 is 2.81 bits per heavy atom. The molecule has 1 aliphatic carbocycles. The van der Waals surface area contributed by atoms with Gasteiger partial charge in [-0.2, -0.15) is 0 Å². The summed E-state index contributed by atoms with van der Waals surface area (Å²) in [6.45, 7) is 2.88. The van der Waals surface area contributed by atoms with Gasteiger partial charge in [-0.25, -0.2) is 9.18 Å². The van der Waals surface area contributed by atoms with Crippen LogP contribution in [-0.4, -0.2) is 53.6 Å². The third-order valence-corrected chi connectivity index (χ3v) is 3.74. The fourth-order valence-electron chi connectivity index (χ4n) is 2.62. The van der Waals surface area contributed by atoms with E-state index < -0.39 is 29.1 Å². The van der Waals surface area contributed by atoms with Crippen LogP contribution in [0, 0.1) is 5.92 Å². The van der Waals surface area contributed by atoms with Crippen molar-refractivity contribution in [2.45, 2.75) is 0 Å². The highest BCUT2D eigenvalue weighted by atomic mass is 19.1. The monoisotopic (exact) mass is 291 g/mol. The molecule has 0 aromatic rings. The van der Waals surface area contributed by atoms with Gasteiger partial charge in [0.2, 0.25) is 0 Å². The Morgan fingerprint density at radius 2 is 2.14 bits per heavy atom. The number of aliphatic imine (C=N–C) groups is 1. The molecule has 2 N–H and O–H groups in total. The number of hydrogen-bond acceptors (Lipinski definition) is 5. The molecule has 2 heterocycles. The minimum atomic E-state index is -1.34. The van der Waals surface area contributed by atoms with Gasteiger partial charge in [0.25, 0.3) is 0 Å². The van der Waals surface area contributed by atoms with E-state index in [0.29, 0.717) is 24.5 Å². The minimum Gasteiger partial charge on any atom is -0.478 e. The van der Waals surface area contributed by atoms with Crippen LogP contribution in [0.5, 0.6) is 0 Å². The number of nitrogens with one attached hydrogen (secondary N) is 1. The second kappa shape index (κ2) is 5.25. The molecule has 1 unspecified atom stereocenters. The predicted octanol–water partition coefficient (Wildman–Crippen LogP) is 0.251. The zero-order valence-electron chi connectivity index (χ0n) is 11.2. The Kier molecular flexibility index (Phi) is 3.42. The summed E-state index contributed by atoms with van der Waals surface area (Å²) in [7, 11) is 0. The Balaban J connectivity index is 1.94. The lowest BCUT2D eigenvalue weighted by Gasteiger charge is -2.33. The van der Waals surface area contributed by atoms with Crippen LogP contribution >= 0.6 is 0 Å². The first kappa shape index (κ1) is 13.7. The number of allylic oxidation sites excluding steroid dienone is 3. The Morgan fingerprint density at radius 1 is 1.43 bits per heavy atom. The van der Waals surface area contributed by atoms with Gasteiger partial charge in [0.1, 0.15) is 11.4 Å². The van der Waals surface area contributed by atoms with Gasteiger partial charge in [0, 0.05) is 32.4 Å². The normalized spacial score (nSPS) is 25.5. The van der Waals surface area contributed by atoms with E-state index in [9.17, 15) is 14.0 Å². The van der Waals surface area contributed by atoms with Crippen LogP contribution in [0.3, 0.4) is 0 Å². The lowest BCUT2D eigenvalue weighted by atomic mass is 9.87. The molecule has 7 heteroatoms. The van der Waals surface area contributed by atoms with Gasteiger partial charge in [-0.1, -0.05) is 0 Å².